The summed E-state index contributed by atoms with van der Waals surface area (Å²) in [4.78, 5) is 16.2. The van der Waals surface area contributed by atoms with Gasteiger partial charge >= 0.3 is 0 Å². The zero-order valence-corrected chi connectivity index (χ0v) is 13.7. The molecule has 0 amide bonds. The highest BCUT2D eigenvalue weighted by atomic mass is 15.0. The van der Waals surface area contributed by atoms with E-state index in [2.05, 4.69) is 62.8 Å². The molecule has 0 aliphatic heterocycles. The highest BCUT2D eigenvalue weighted by Gasteiger charge is 2.26. The van der Waals surface area contributed by atoms with Crippen LogP contribution in [0.3, 0.4) is 0 Å². The molecule has 0 saturated carbocycles. The van der Waals surface area contributed by atoms with Crippen LogP contribution in [0.25, 0.3) is 0 Å². The maximum atomic E-state index is 6.24. The molecule has 0 radical (unpaired) electrons. The summed E-state index contributed by atoms with van der Waals surface area (Å²) in [6.45, 7) is 14.4. The molecule has 0 heterocycles. The van der Waals surface area contributed by atoms with Crippen LogP contribution in [0.1, 0.15) is 0 Å². The van der Waals surface area contributed by atoms with Gasteiger partial charge in [-0.05, 0) is 26.9 Å². The van der Waals surface area contributed by atoms with Crippen molar-refractivity contribution in [1.29, 1.82) is 0 Å². The predicted molar refractivity (Wildman–Crippen MR) is 97.7 cm³/mol. The SMILES string of the molecule is C=NC1=C(N)C(N=C)=C(NC)C(N=C)=C(NC)C(N=C)=C1NC. The molecule has 0 bridgehead atoms. The predicted octanol–water partition coefficient (Wildman–Crippen LogP) is 0.266. The molecule has 122 valence electrons. The fourth-order valence-corrected chi connectivity index (χ4v) is 2.32. The molecular formula is C15H22N8. The van der Waals surface area contributed by atoms with Gasteiger partial charge in [-0.25, -0.2) is 0 Å². The highest BCUT2D eigenvalue weighted by molar-refractivity contribution is 5.61. The molecule has 0 spiro atoms. The van der Waals surface area contributed by atoms with Gasteiger partial charge in [-0.1, -0.05) is 0 Å². The second kappa shape index (κ2) is 7.74. The average Bonchev–Trinajstić information content (AvgIpc) is 2.57. The van der Waals surface area contributed by atoms with Gasteiger partial charge in [0.15, 0.2) is 0 Å². The van der Waals surface area contributed by atoms with Crippen molar-refractivity contribution >= 4 is 26.9 Å². The van der Waals surface area contributed by atoms with Gasteiger partial charge in [-0.2, -0.15) is 0 Å². The van der Waals surface area contributed by atoms with Crippen molar-refractivity contribution in [2.24, 2.45) is 25.7 Å². The second-order valence-corrected chi connectivity index (χ2v) is 4.32. The summed E-state index contributed by atoms with van der Waals surface area (Å²) in [6, 6.07) is 0. The van der Waals surface area contributed by atoms with Gasteiger partial charge in [0.25, 0.3) is 0 Å². The summed E-state index contributed by atoms with van der Waals surface area (Å²) in [5.74, 6) is 0. The van der Waals surface area contributed by atoms with E-state index in [9.17, 15) is 0 Å². The normalized spacial score (nSPS) is 15.8. The van der Waals surface area contributed by atoms with E-state index in [1.165, 1.54) is 0 Å². The Hall–Kier alpha value is -3.16. The van der Waals surface area contributed by atoms with Crippen molar-refractivity contribution < 1.29 is 0 Å². The van der Waals surface area contributed by atoms with Gasteiger partial charge in [0, 0.05) is 21.1 Å². The number of likely N-dealkylation sites (N-methyl/N-ethyl adjacent to an activating group) is 3. The minimum absolute atomic E-state index is 0.279. The molecule has 5 N–H and O–H groups in total. The average molecular weight is 314 g/mol. The van der Waals surface area contributed by atoms with E-state index in [0.717, 1.165) is 0 Å². The third-order valence-corrected chi connectivity index (χ3v) is 3.31. The molecule has 0 aromatic heterocycles. The van der Waals surface area contributed by atoms with Crippen LogP contribution in [0.2, 0.25) is 0 Å². The van der Waals surface area contributed by atoms with E-state index in [1.54, 1.807) is 21.1 Å². The van der Waals surface area contributed by atoms with E-state index < -0.39 is 0 Å². The topological polar surface area (TPSA) is 112 Å². The van der Waals surface area contributed by atoms with Gasteiger partial charge < -0.3 is 21.7 Å². The fourth-order valence-electron chi connectivity index (χ4n) is 2.32. The Morgan fingerprint density at radius 2 is 0.913 bits per heavy atom. The standard InChI is InChI=1S/C15H22N8/c1-17-9-8(16)10(18-2)12(20-4)14(22-6)15(23-7)13(21-5)11(9)19-3/h19-20,23H,1-2,5-6,16H2,3-4,7H3. The molecule has 1 rings (SSSR count). The molecule has 0 atom stereocenters. The monoisotopic (exact) mass is 314 g/mol. The molecule has 0 aromatic rings. The van der Waals surface area contributed by atoms with Gasteiger partial charge in [0.2, 0.25) is 0 Å². The van der Waals surface area contributed by atoms with Crippen LogP contribution < -0.4 is 21.7 Å². The van der Waals surface area contributed by atoms with Crippen LogP contribution in [-0.2, 0) is 0 Å². The Morgan fingerprint density at radius 3 is 1.22 bits per heavy atom. The zero-order valence-electron chi connectivity index (χ0n) is 13.7. The Balaban J connectivity index is 4.14. The minimum Gasteiger partial charge on any atom is -0.395 e. The molecule has 8 heteroatoms. The summed E-state index contributed by atoms with van der Waals surface area (Å²) in [5.41, 5.74) is 9.92. The third-order valence-electron chi connectivity index (χ3n) is 3.31. The number of nitrogens with zero attached hydrogens (tertiary/aromatic N) is 4. The second-order valence-electron chi connectivity index (χ2n) is 4.32. The Kier molecular flexibility index (Phi) is 6.02. The van der Waals surface area contributed by atoms with Crippen molar-refractivity contribution in [1.82, 2.24) is 16.0 Å². The summed E-state index contributed by atoms with van der Waals surface area (Å²) in [5, 5.41) is 9.11. The smallest absolute Gasteiger partial charge is 0.113 e. The molecule has 1 aliphatic carbocycles. The summed E-state index contributed by atoms with van der Waals surface area (Å²) >= 11 is 0. The lowest BCUT2D eigenvalue weighted by atomic mass is 10.0. The maximum Gasteiger partial charge on any atom is 0.113 e. The Bertz CT molecular complexity index is 674. The highest BCUT2D eigenvalue weighted by Crippen LogP contribution is 2.32. The molecule has 0 fully saturated rings. The molecule has 0 unspecified atom stereocenters. The molecule has 1 aliphatic rings. The number of rotatable bonds is 7. The van der Waals surface area contributed by atoms with E-state index in [1.807, 2.05) is 0 Å². The molecular weight excluding hydrogens is 292 g/mol. The lowest BCUT2D eigenvalue weighted by molar-refractivity contribution is 0.857. The van der Waals surface area contributed by atoms with Gasteiger partial charge in [0.05, 0.1) is 22.8 Å². The van der Waals surface area contributed by atoms with Crippen LogP contribution in [-0.4, -0.2) is 48.0 Å². The van der Waals surface area contributed by atoms with Crippen molar-refractivity contribution in [2.75, 3.05) is 21.1 Å². The summed E-state index contributed by atoms with van der Waals surface area (Å²) in [6.07, 6.45) is 0. The van der Waals surface area contributed by atoms with Crippen LogP contribution in [0.15, 0.2) is 65.5 Å². The lowest BCUT2D eigenvalue weighted by Gasteiger charge is -2.23. The first-order valence-electron chi connectivity index (χ1n) is 6.70. The molecule has 23 heavy (non-hydrogen) atoms. The summed E-state index contributed by atoms with van der Waals surface area (Å²) < 4.78 is 0. The van der Waals surface area contributed by atoms with E-state index >= 15 is 0 Å². The number of hydrogen-bond donors (Lipinski definition) is 4. The quantitative estimate of drug-likeness (QED) is 0.505. The van der Waals surface area contributed by atoms with Crippen LogP contribution >= 0.6 is 0 Å². The lowest BCUT2D eigenvalue weighted by Crippen LogP contribution is -2.25. The van der Waals surface area contributed by atoms with Gasteiger partial charge in [-0.15, -0.1) is 0 Å². The van der Waals surface area contributed by atoms with Crippen molar-refractivity contribution in [3.63, 3.8) is 0 Å². The van der Waals surface area contributed by atoms with Crippen molar-refractivity contribution in [3.05, 3.63) is 45.6 Å². The van der Waals surface area contributed by atoms with Gasteiger partial charge in [0.1, 0.15) is 22.8 Å². The van der Waals surface area contributed by atoms with E-state index in [4.69, 9.17) is 5.73 Å². The van der Waals surface area contributed by atoms with Crippen molar-refractivity contribution in [2.45, 2.75) is 0 Å². The third kappa shape index (κ3) is 2.91. The molecule has 0 aromatic carbocycles. The first kappa shape index (κ1) is 17.9. The number of hydrogen-bond acceptors (Lipinski definition) is 8. The molecule has 0 saturated heterocycles. The van der Waals surface area contributed by atoms with Gasteiger partial charge in [-0.3, -0.25) is 20.0 Å². The number of nitrogens with two attached hydrogens (primary N) is 1. The first-order chi connectivity index (χ1) is 11.1. The Labute approximate surface area is 136 Å². The van der Waals surface area contributed by atoms with E-state index in [0.29, 0.717) is 39.9 Å². The number of nitrogens with one attached hydrogen (secondary N) is 3. The van der Waals surface area contributed by atoms with Crippen LogP contribution in [0, 0.1) is 0 Å². The minimum atomic E-state index is 0.279. The molecule has 8 nitrogen and oxygen atoms in total. The van der Waals surface area contributed by atoms with Crippen LogP contribution in [0.5, 0.6) is 0 Å². The Morgan fingerprint density at radius 1 is 0.609 bits per heavy atom. The number of aliphatic imine (C=N–C) groups is 4. The fraction of sp³-hybridized carbons (Fsp3) is 0.200. The van der Waals surface area contributed by atoms with Crippen molar-refractivity contribution in [3.8, 4) is 0 Å². The summed E-state index contributed by atoms with van der Waals surface area (Å²) in [7, 11) is 5.18. The first-order valence-corrected chi connectivity index (χ1v) is 6.70. The maximum absolute atomic E-state index is 6.24. The van der Waals surface area contributed by atoms with E-state index in [-0.39, 0.29) is 5.70 Å². The zero-order chi connectivity index (χ0) is 17.6. The van der Waals surface area contributed by atoms with Crippen LogP contribution in [0.4, 0.5) is 0 Å². The largest absolute Gasteiger partial charge is 0.395 e.